The number of rotatable bonds is 9. The minimum atomic E-state index is -1.04. The molecule has 0 fully saturated rings. The Kier molecular flexibility index (Phi) is 7.42. The van der Waals surface area contributed by atoms with E-state index in [1.54, 1.807) is 13.2 Å². The Morgan fingerprint density at radius 3 is 2.76 bits per heavy atom. The summed E-state index contributed by atoms with van der Waals surface area (Å²) in [5, 5.41) is 14.7. The number of carboxylic acids is 1. The van der Waals surface area contributed by atoms with Gasteiger partial charge in [-0.1, -0.05) is 12.1 Å². The summed E-state index contributed by atoms with van der Waals surface area (Å²) in [5.41, 5.74) is 1.70. The smallest absolute Gasteiger partial charge is 0.321 e. The topological polar surface area (TPSA) is 87.7 Å². The summed E-state index contributed by atoms with van der Waals surface area (Å²) in [6.45, 7) is 2.96. The van der Waals surface area contributed by atoms with E-state index in [0.717, 1.165) is 5.56 Å². The van der Waals surface area contributed by atoms with Crippen molar-refractivity contribution in [1.82, 2.24) is 5.32 Å². The van der Waals surface area contributed by atoms with Crippen LogP contribution in [0.5, 0.6) is 0 Å². The van der Waals surface area contributed by atoms with Crippen molar-refractivity contribution in [1.29, 1.82) is 0 Å². The number of carboxylic acid groups (broad SMARTS) is 1. The van der Waals surface area contributed by atoms with Gasteiger partial charge in [-0.15, -0.1) is 0 Å². The van der Waals surface area contributed by atoms with E-state index in [2.05, 4.69) is 10.6 Å². The molecule has 0 aromatic heterocycles. The van der Waals surface area contributed by atoms with Crippen LogP contribution in [0.25, 0.3) is 0 Å². The Bertz CT molecular complexity index is 476. The molecule has 1 amide bonds. The number of aryl methyl sites for hydroxylation is 1. The maximum Gasteiger partial charge on any atom is 0.321 e. The SMILES string of the molecule is COCCCNC(CC(=O)Nc1cccc(C)c1)C(=O)O. The molecule has 1 atom stereocenters. The Morgan fingerprint density at radius 1 is 1.38 bits per heavy atom. The zero-order chi connectivity index (χ0) is 15.7. The summed E-state index contributed by atoms with van der Waals surface area (Å²) >= 11 is 0. The number of hydrogen-bond acceptors (Lipinski definition) is 4. The molecule has 0 aliphatic heterocycles. The summed E-state index contributed by atoms with van der Waals surface area (Å²) in [7, 11) is 1.59. The average molecular weight is 294 g/mol. The molecule has 0 bridgehead atoms. The summed E-state index contributed by atoms with van der Waals surface area (Å²) in [6.07, 6.45) is 0.579. The predicted molar refractivity (Wildman–Crippen MR) is 80.3 cm³/mol. The van der Waals surface area contributed by atoms with Gasteiger partial charge in [-0.2, -0.15) is 0 Å². The van der Waals surface area contributed by atoms with E-state index in [9.17, 15) is 9.59 Å². The Hall–Kier alpha value is -1.92. The van der Waals surface area contributed by atoms with E-state index in [-0.39, 0.29) is 12.3 Å². The summed E-state index contributed by atoms with van der Waals surface area (Å²) in [6, 6.07) is 6.47. The van der Waals surface area contributed by atoms with Crippen molar-refractivity contribution < 1.29 is 19.4 Å². The first-order valence-electron chi connectivity index (χ1n) is 6.84. The van der Waals surface area contributed by atoms with Crippen molar-refractivity contribution >= 4 is 17.6 Å². The summed E-state index contributed by atoms with van der Waals surface area (Å²) < 4.78 is 4.89. The van der Waals surface area contributed by atoms with Crippen LogP contribution in [-0.2, 0) is 14.3 Å². The van der Waals surface area contributed by atoms with Crippen molar-refractivity contribution in [2.24, 2.45) is 0 Å². The van der Waals surface area contributed by atoms with Gasteiger partial charge < -0.3 is 20.5 Å². The van der Waals surface area contributed by atoms with Gasteiger partial charge in [0.2, 0.25) is 5.91 Å². The third kappa shape index (κ3) is 6.87. The van der Waals surface area contributed by atoms with E-state index < -0.39 is 12.0 Å². The van der Waals surface area contributed by atoms with Gasteiger partial charge in [0.25, 0.3) is 0 Å². The van der Waals surface area contributed by atoms with E-state index in [0.29, 0.717) is 25.3 Å². The van der Waals surface area contributed by atoms with Crippen LogP contribution in [0.1, 0.15) is 18.4 Å². The second kappa shape index (κ2) is 9.10. The molecule has 0 saturated heterocycles. The number of amides is 1. The molecule has 1 rings (SSSR count). The van der Waals surface area contributed by atoms with Crippen LogP contribution >= 0.6 is 0 Å². The zero-order valence-corrected chi connectivity index (χ0v) is 12.4. The molecule has 6 nitrogen and oxygen atoms in total. The molecule has 0 heterocycles. The molecule has 1 aromatic rings. The Labute approximate surface area is 124 Å². The quantitative estimate of drug-likeness (QED) is 0.599. The highest BCUT2D eigenvalue weighted by molar-refractivity contribution is 5.94. The fraction of sp³-hybridized carbons (Fsp3) is 0.467. The van der Waals surface area contributed by atoms with Crippen LogP contribution in [0, 0.1) is 6.92 Å². The fourth-order valence-corrected chi connectivity index (χ4v) is 1.86. The molecule has 0 aliphatic rings. The molecule has 0 saturated carbocycles. The average Bonchev–Trinajstić information content (AvgIpc) is 2.42. The number of methoxy groups -OCH3 is 1. The predicted octanol–water partition coefficient (Wildman–Crippen LogP) is 1.40. The van der Waals surface area contributed by atoms with E-state index in [4.69, 9.17) is 9.84 Å². The number of hydrogen-bond donors (Lipinski definition) is 3. The van der Waals surface area contributed by atoms with Crippen molar-refractivity contribution in [3.05, 3.63) is 29.8 Å². The van der Waals surface area contributed by atoms with Crippen LogP contribution in [0.15, 0.2) is 24.3 Å². The van der Waals surface area contributed by atoms with Crippen molar-refractivity contribution in [2.75, 3.05) is 25.6 Å². The minimum Gasteiger partial charge on any atom is -0.480 e. The lowest BCUT2D eigenvalue weighted by Gasteiger charge is -2.14. The van der Waals surface area contributed by atoms with Crippen LogP contribution in [0.3, 0.4) is 0 Å². The second-order valence-corrected chi connectivity index (χ2v) is 4.81. The van der Waals surface area contributed by atoms with Crippen LogP contribution in [-0.4, -0.2) is 43.3 Å². The molecular weight excluding hydrogens is 272 g/mol. The first-order chi connectivity index (χ1) is 10.0. The number of anilines is 1. The van der Waals surface area contributed by atoms with E-state index >= 15 is 0 Å². The van der Waals surface area contributed by atoms with Crippen LogP contribution in [0.4, 0.5) is 5.69 Å². The van der Waals surface area contributed by atoms with Crippen molar-refractivity contribution in [3.8, 4) is 0 Å². The molecule has 0 aliphatic carbocycles. The molecule has 1 unspecified atom stereocenters. The molecule has 6 heteroatoms. The van der Waals surface area contributed by atoms with Crippen LogP contribution < -0.4 is 10.6 Å². The number of aliphatic carboxylic acids is 1. The first kappa shape index (κ1) is 17.1. The number of benzene rings is 1. The fourth-order valence-electron chi connectivity index (χ4n) is 1.86. The monoisotopic (exact) mass is 294 g/mol. The standard InChI is InChI=1S/C15H22N2O4/c1-11-5-3-6-12(9-11)17-14(18)10-13(15(19)20)16-7-4-8-21-2/h3,5-6,9,13,16H,4,7-8,10H2,1-2H3,(H,17,18)(H,19,20). The highest BCUT2D eigenvalue weighted by Gasteiger charge is 2.20. The normalized spacial score (nSPS) is 11.9. The lowest BCUT2D eigenvalue weighted by atomic mass is 10.1. The molecule has 3 N–H and O–H groups in total. The Morgan fingerprint density at radius 2 is 2.14 bits per heavy atom. The lowest BCUT2D eigenvalue weighted by molar-refractivity contribution is -0.141. The van der Waals surface area contributed by atoms with Gasteiger partial charge >= 0.3 is 5.97 Å². The molecule has 0 radical (unpaired) electrons. The molecule has 21 heavy (non-hydrogen) atoms. The van der Waals surface area contributed by atoms with Gasteiger partial charge in [0.15, 0.2) is 0 Å². The van der Waals surface area contributed by atoms with Crippen molar-refractivity contribution in [3.63, 3.8) is 0 Å². The highest BCUT2D eigenvalue weighted by atomic mass is 16.5. The maximum absolute atomic E-state index is 11.9. The third-order valence-electron chi connectivity index (χ3n) is 2.91. The van der Waals surface area contributed by atoms with Gasteiger partial charge in [0.1, 0.15) is 6.04 Å². The molecular formula is C15H22N2O4. The molecule has 116 valence electrons. The van der Waals surface area contributed by atoms with Gasteiger partial charge in [-0.3, -0.25) is 9.59 Å². The number of carbonyl (C=O) groups excluding carboxylic acids is 1. The van der Waals surface area contributed by atoms with Crippen molar-refractivity contribution in [2.45, 2.75) is 25.8 Å². The third-order valence-corrected chi connectivity index (χ3v) is 2.91. The number of nitrogens with one attached hydrogen (secondary N) is 2. The maximum atomic E-state index is 11.9. The van der Waals surface area contributed by atoms with E-state index in [1.807, 2.05) is 25.1 Å². The van der Waals surface area contributed by atoms with Gasteiger partial charge in [-0.25, -0.2) is 0 Å². The zero-order valence-electron chi connectivity index (χ0n) is 12.4. The van der Waals surface area contributed by atoms with Gasteiger partial charge in [0.05, 0.1) is 6.42 Å². The van der Waals surface area contributed by atoms with E-state index in [1.165, 1.54) is 0 Å². The second-order valence-electron chi connectivity index (χ2n) is 4.81. The lowest BCUT2D eigenvalue weighted by Crippen LogP contribution is -2.40. The highest BCUT2D eigenvalue weighted by Crippen LogP contribution is 2.10. The van der Waals surface area contributed by atoms with Gasteiger partial charge in [-0.05, 0) is 37.6 Å². The minimum absolute atomic E-state index is 0.115. The van der Waals surface area contributed by atoms with Crippen LogP contribution in [0.2, 0.25) is 0 Å². The largest absolute Gasteiger partial charge is 0.480 e. The Balaban J connectivity index is 2.46. The molecule has 0 spiro atoms. The van der Waals surface area contributed by atoms with Gasteiger partial charge in [0, 0.05) is 19.4 Å². The summed E-state index contributed by atoms with van der Waals surface area (Å²) in [5.74, 6) is -1.36. The summed E-state index contributed by atoms with van der Waals surface area (Å²) in [4.78, 5) is 23.0. The number of carbonyl (C=O) groups is 2. The number of ether oxygens (including phenoxy) is 1. The molecule has 1 aromatic carbocycles. The first-order valence-corrected chi connectivity index (χ1v) is 6.84.